The lowest BCUT2D eigenvalue weighted by atomic mass is 9.97. The molecule has 0 spiro atoms. The maximum absolute atomic E-state index is 12.7. The summed E-state index contributed by atoms with van der Waals surface area (Å²) < 4.78 is 0. The number of carbonyl (C=O) groups excluding carboxylic acids is 1. The Labute approximate surface area is 136 Å². The number of fused-ring (bicyclic) bond motifs is 1. The second-order valence-electron chi connectivity index (χ2n) is 5.98. The summed E-state index contributed by atoms with van der Waals surface area (Å²) in [6.07, 6.45) is 2.06. The number of rotatable bonds is 5. The van der Waals surface area contributed by atoms with Crippen LogP contribution in [0.5, 0.6) is 0 Å². The monoisotopic (exact) mass is 306 g/mol. The first-order valence-corrected chi connectivity index (χ1v) is 8.22. The first-order chi connectivity index (χ1) is 11.2. The summed E-state index contributed by atoms with van der Waals surface area (Å²) in [5.74, 6) is -0.00211. The molecule has 1 amide bonds. The highest BCUT2D eigenvalue weighted by atomic mass is 16.1. The Hall–Kier alpha value is -2.42. The van der Waals surface area contributed by atoms with Gasteiger partial charge in [0.1, 0.15) is 6.04 Å². The third kappa shape index (κ3) is 3.19. The number of nitrogens with zero attached hydrogens (tertiary/aromatic N) is 1. The first kappa shape index (κ1) is 15.5. The standard InChI is InChI=1S/C20H22N2O/c1-3-4-13-21-20(23)18-16-7-5-6-8-17(16)22-19(18)15-11-9-14(2)10-12-15/h5-12,19H,3-4,13H2,1-2H3,(H,21,23). The molecule has 0 bridgehead atoms. The van der Waals surface area contributed by atoms with Crippen molar-refractivity contribution in [3.63, 3.8) is 0 Å². The van der Waals surface area contributed by atoms with E-state index in [0.717, 1.165) is 34.6 Å². The second-order valence-corrected chi connectivity index (χ2v) is 5.98. The minimum absolute atomic E-state index is 0.00211. The lowest BCUT2D eigenvalue weighted by Gasteiger charge is -2.14. The number of aryl methyl sites for hydroxylation is 1. The molecule has 1 aliphatic heterocycles. The highest BCUT2D eigenvalue weighted by molar-refractivity contribution is 6.15. The zero-order valence-electron chi connectivity index (χ0n) is 13.7. The van der Waals surface area contributed by atoms with Crippen molar-refractivity contribution in [1.82, 2.24) is 5.32 Å². The lowest BCUT2D eigenvalue weighted by molar-refractivity contribution is -0.115. The van der Waals surface area contributed by atoms with Crippen molar-refractivity contribution in [2.24, 2.45) is 4.99 Å². The van der Waals surface area contributed by atoms with E-state index in [2.05, 4.69) is 43.4 Å². The second kappa shape index (κ2) is 6.78. The van der Waals surface area contributed by atoms with Crippen LogP contribution in [0.15, 0.2) is 53.5 Å². The van der Waals surface area contributed by atoms with E-state index < -0.39 is 0 Å². The predicted octanol–water partition coefficient (Wildman–Crippen LogP) is 2.44. The van der Waals surface area contributed by atoms with Crippen LogP contribution in [0.3, 0.4) is 0 Å². The maximum atomic E-state index is 12.7. The molecule has 3 nitrogen and oxygen atoms in total. The quantitative estimate of drug-likeness (QED) is 0.847. The average Bonchev–Trinajstić information content (AvgIpc) is 2.95. The summed E-state index contributed by atoms with van der Waals surface area (Å²) in [5.41, 5.74) is 3.03. The van der Waals surface area contributed by atoms with Gasteiger partial charge >= 0.3 is 0 Å². The number of unbranched alkanes of at least 4 members (excludes halogenated alkanes) is 1. The molecule has 0 saturated carbocycles. The van der Waals surface area contributed by atoms with Gasteiger partial charge in [-0.2, -0.15) is 0 Å². The average molecular weight is 306 g/mol. The molecule has 0 aliphatic carbocycles. The molecular weight excluding hydrogens is 284 g/mol. The smallest absolute Gasteiger partial charge is 0.250 e. The molecule has 1 heterocycles. The number of benzene rings is 2. The van der Waals surface area contributed by atoms with Gasteiger partial charge in [-0.1, -0.05) is 61.4 Å². The summed E-state index contributed by atoms with van der Waals surface area (Å²) in [6.45, 7) is 4.89. The van der Waals surface area contributed by atoms with Gasteiger partial charge in [0, 0.05) is 11.8 Å². The van der Waals surface area contributed by atoms with Crippen LogP contribution in [0.4, 0.5) is 0 Å². The molecular formula is C20H22N2O. The molecule has 1 atom stereocenters. The molecule has 23 heavy (non-hydrogen) atoms. The molecule has 0 saturated heterocycles. The van der Waals surface area contributed by atoms with E-state index in [4.69, 9.17) is 4.99 Å². The normalized spacial score (nSPS) is 15.9. The van der Waals surface area contributed by atoms with E-state index in [9.17, 15) is 4.79 Å². The van der Waals surface area contributed by atoms with E-state index in [1.165, 1.54) is 5.56 Å². The Balaban J connectivity index is 2.01. The van der Waals surface area contributed by atoms with Crippen LogP contribution in [0.2, 0.25) is 0 Å². The van der Waals surface area contributed by atoms with Crippen LogP contribution >= 0.6 is 0 Å². The van der Waals surface area contributed by atoms with Crippen LogP contribution in [0.1, 0.15) is 36.9 Å². The number of nitrogens with one attached hydrogen (secondary N) is 1. The largest absolute Gasteiger partial charge is 0.352 e. The highest BCUT2D eigenvalue weighted by Gasteiger charge is 2.26. The molecule has 2 aromatic rings. The minimum Gasteiger partial charge on any atom is -0.352 e. The Morgan fingerprint density at radius 2 is 1.87 bits per heavy atom. The summed E-state index contributed by atoms with van der Waals surface area (Å²) in [7, 11) is 0. The van der Waals surface area contributed by atoms with Crippen LogP contribution in [0, 0.1) is 6.92 Å². The van der Waals surface area contributed by atoms with Gasteiger partial charge in [-0.25, -0.2) is 0 Å². The lowest BCUT2D eigenvalue weighted by Crippen LogP contribution is -2.32. The molecule has 3 rings (SSSR count). The molecule has 1 N–H and O–H groups in total. The zero-order valence-corrected chi connectivity index (χ0v) is 13.7. The van der Waals surface area contributed by atoms with Crippen LogP contribution in [-0.2, 0) is 4.79 Å². The molecule has 118 valence electrons. The molecule has 0 radical (unpaired) electrons. The van der Waals surface area contributed by atoms with Crippen LogP contribution in [0.25, 0.3) is 5.57 Å². The fourth-order valence-corrected chi connectivity index (χ4v) is 2.88. The van der Waals surface area contributed by atoms with Gasteiger partial charge < -0.3 is 5.32 Å². The molecule has 2 aromatic carbocycles. The summed E-state index contributed by atoms with van der Waals surface area (Å²) >= 11 is 0. The highest BCUT2D eigenvalue weighted by Crippen LogP contribution is 2.27. The number of hydrogen-bond acceptors (Lipinski definition) is 2. The van der Waals surface area contributed by atoms with Gasteiger partial charge in [0.25, 0.3) is 0 Å². The molecule has 1 aliphatic rings. The van der Waals surface area contributed by atoms with Crippen molar-refractivity contribution in [3.8, 4) is 0 Å². The zero-order chi connectivity index (χ0) is 16.2. The first-order valence-electron chi connectivity index (χ1n) is 8.22. The third-order valence-corrected chi connectivity index (χ3v) is 4.19. The van der Waals surface area contributed by atoms with E-state index in [1.54, 1.807) is 0 Å². The van der Waals surface area contributed by atoms with Gasteiger partial charge in [-0.3, -0.25) is 9.79 Å². The summed E-state index contributed by atoms with van der Waals surface area (Å²) in [4.78, 5) is 17.5. The molecule has 1 unspecified atom stereocenters. The van der Waals surface area contributed by atoms with Gasteiger partial charge in [-0.05, 0) is 25.0 Å². The Kier molecular flexibility index (Phi) is 4.56. The summed E-state index contributed by atoms with van der Waals surface area (Å²) in [6, 6.07) is 15.9. The number of carbonyl (C=O) groups is 1. The van der Waals surface area contributed by atoms with Gasteiger partial charge in [-0.15, -0.1) is 0 Å². The maximum Gasteiger partial charge on any atom is 0.250 e. The van der Waals surface area contributed by atoms with Crippen molar-refractivity contribution >= 4 is 11.5 Å². The van der Waals surface area contributed by atoms with E-state index in [0.29, 0.717) is 6.54 Å². The van der Waals surface area contributed by atoms with Crippen LogP contribution in [-0.4, -0.2) is 12.5 Å². The van der Waals surface area contributed by atoms with Gasteiger partial charge in [0.05, 0.1) is 10.9 Å². The molecule has 0 aromatic heterocycles. The van der Waals surface area contributed by atoms with E-state index in [-0.39, 0.29) is 11.9 Å². The number of amides is 1. The SMILES string of the molecule is CCCCNC(=O)C1=c2ccccc2=NC1c1ccc(C)cc1. The van der Waals surface area contributed by atoms with Crippen molar-refractivity contribution in [3.05, 3.63) is 70.2 Å². The van der Waals surface area contributed by atoms with E-state index >= 15 is 0 Å². The van der Waals surface area contributed by atoms with Gasteiger partial charge in [0.15, 0.2) is 0 Å². The number of hydrogen-bond donors (Lipinski definition) is 1. The number of para-hydroxylation sites is 1. The molecule has 0 fully saturated rings. The van der Waals surface area contributed by atoms with Crippen molar-refractivity contribution < 1.29 is 4.79 Å². The Bertz CT molecular complexity index is 821. The molecule has 3 heteroatoms. The van der Waals surface area contributed by atoms with Crippen LogP contribution < -0.4 is 15.9 Å². The van der Waals surface area contributed by atoms with Crippen molar-refractivity contribution in [1.29, 1.82) is 0 Å². The summed E-state index contributed by atoms with van der Waals surface area (Å²) in [5, 5.41) is 4.89. The van der Waals surface area contributed by atoms with E-state index in [1.807, 2.05) is 24.3 Å². The Morgan fingerprint density at radius 1 is 1.13 bits per heavy atom. The van der Waals surface area contributed by atoms with Gasteiger partial charge in [0.2, 0.25) is 5.91 Å². The fourth-order valence-electron chi connectivity index (χ4n) is 2.88. The fraction of sp³-hybridized carbons (Fsp3) is 0.300. The third-order valence-electron chi connectivity index (χ3n) is 4.19. The predicted molar refractivity (Wildman–Crippen MR) is 92.5 cm³/mol. The van der Waals surface area contributed by atoms with Crippen molar-refractivity contribution in [2.75, 3.05) is 6.54 Å². The Morgan fingerprint density at radius 3 is 2.61 bits per heavy atom. The van der Waals surface area contributed by atoms with Crippen molar-refractivity contribution in [2.45, 2.75) is 32.7 Å². The topological polar surface area (TPSA) is 41.5 Å². The minimum atomic E-state index is -0.213.